The van der Waals surface area contributed by atoms with E-state index in [1.807, 2.05) is 0 Å². The van der Waals surface area contributed by atoms with Crippen LogP contribution in [0.25, 0.3) is 0 Å². The van der Waals surface area contributed by atoms with Gasteiger partial charge in [-0.3, -0.25) is 4.79 Å². The molecule has 0 unspecified atom stereocenters. The summed E-state index contributed by atoms with van der Waals surface area (Å²) in [6, 6.07) is 2.50. The Morgan fingerprint density at radius 1 is 1.35 bits per heavy atom. The van der Waals surface area contributed by atoms with E-state index in [0.29, 0.717) is 12.5 Å². The van der Waals surface area contributed by atoms with Crippen LogP contribution >= 0.6 is 11.6 Å². The molecule has 0 saturated heterocycles. The predicted octanol–water partition coefficient (Wildman–Crippen LogP) is 2.97. The first-order chi connectivity index (χ1) is 10.4. The highest BCUT2D eigenvalue weighted by atomic mass is 35.5. The maximum atomic E-state index is 12.7. The number of anilines is 1. The van der Waals surface area contributed by atoms with Crippen LogP contribution in [0.15, 0.2) is 18.2 Å². The van der Waals surface area contributed by atoms with Gasteiger partial charge < -0.3 is 5.32 Å². The van der Waals surface area contributed by atoms with Crippen molar-refractivity contribution in [1.82, 2.24) is 4.31 Å². The van der Waals surface area contributed by atoms with Gasteiger partial charge in [0.05, 0.1) is 29.1 Å². The third-order valence-corrected chi connectivity index (χ3v) is 4.41. The first-order valence-corrected chi connectivity index (χ1v) is 8.79. The standard InChI is InChI=1S/C13H16ClF3N2O3S/c1-3-6-19(23(2,21)22)8-12(20)18-11-7-9(13(15,16)17)4-5-10(11)14/h4-5,7H,3,6,8H2,1-2H3,(H,18,20). The van der Waals surface area contributed by atoms with Gasteiger partial charge in [-0.2, -0.15) is 17.5 Å². The van der Waals surface area contributed by atoms with E-state index < -0.39 is 34.2 Å². The Morgan fingerprint density at radius 3 is 2.43 bits per heavy atom. The van der Waals surface area contributed by atoms with E-state index >= 15 is 0 Å². The van der Waals surface area contributed by atoms with E-state index in [-0.39, 0.29) is 17.3 Å². The number of alkyl halides is 3. The molecule has 5 nitrogen and oxygen atoms in total. The van der Waals surface area contributed by atoms with Crippen molar-refractivity contribution in [3.8, 4) is 0 Å². The fourth-order valence-corrected chi connectivity index (χ4v) is 2.79. The average molecular weight is 373 g/mol. The molecule has 0 radical (unpaired) electrons. The third-order valence-electron chi connectivity index (χ3n) is 2.83. The lowest BCUT2D eigenvalue weighted by atomic mass is 10.2. The van der Waals surface area contributed by atoms with E-state index in [1.54, 1.807) is 6.92 Å². The monoisotopic (exact) mass is 372 g/mol. The minimum Gasteiger partial charge on any atom is -0.324 e. The van der Waals surface area contributed by atoms with Gasteiger partial charge in [-0.05, 0) is 24.6 Å². The van der Waals surface area contributed by atoms with Gasteiger partial charge in [-0.25, -0.2) is 8.42 Å². The van der Waals surface area contributed by atoms with Crippen molar-refractivity contribution in [3.05, 3.63) is 28.8 Å². The predicted molar refractivity (Wildman–Crippen MR) is 81.8 cm³/mol. The SMILES string of the molecule is CCCN(CC(=O)Nc1cc(C(F)(F)F)ccc1Cl)S(C)(=O)=O. The summed E-state index contributed by atoms with van der Waals surface area (Å²) in [6.45, 7) is 1.36. The highest BCUT2D eigenvalue weighted by Gasteiger charge is 2.31. The molecule has 0 bridgehead atoms. The first kappa shape index (κ1) is 19.7. The summed E-state index contributed by atoms with van der Waals surface area (Å²) in [5, 5.41) is 2.13. The molecule has 23 heavy (non-hydrogen) atoms. The molecular formula is C13H16ClF3N2O3S. The minimum atomic E-state index is -4.58. The van der Waals surface area contributed by atoms with E-state index in [9.17, 15) is 26.4 Å². The van der Waals surface area contributed by atoms with Crippen molar-refractivity contribution < 1.29 is 26.4 Å². The van der Waals surface area contributed by atoms with Crippen LogP contribution in [0.3, 0.4) is 0 Å². The highest BCUT2D eigenvalue weighted by molar-refractivity contribution is 7.88. The van der Waals surface area contributed by atoms with Gasteiger partial charge in [-0.1, -0.05) is 18.5 Å². The summed E-state index contributed by atoms with van der Waals surface area (Å²) < 4.78 is 62.0. The lowest BCUT2D eigenvalue weighted by Gasteiger charge is -2.19. The number of carbonyl (C=O) groups is 1. The molecule has 130 valence electrons. The van der Waals surface area contributed by atoms with Crippen molar-refractivity contribution >= 4 is 33.2 Å². The molecule has 0 saturated carbocycles. The molecule has 1 N–H and O–H groups in total. The fraction of sp³-hybridized carbons (Fsp3) is 0.462. The number of hydrogen-bond donors (Lipinski definition) is 1. The smallest absolute Gasteiger partial charge is 0.324 e. The van der Waals surface area contributed by atoms with Gasteiger partial charge in [0.2, 0.25) is 15.9 Å². The van der Waals surface area contributed by atoms with E-state index in [0.717, 1.165) is 22.7 Å². The number of sulfonamides is 1. The van der Waals surface area contributed by atoms with Gasteiger partial charge in [0.15, 0.2) is 0 Å². The van der Waals surface area contributed by atoms with Gasteiger partial charge in [0, 0.05) is 6.54 Å². The Hall–Kier alpha value is -1.32. The Kier molecular flexibility index (Phi) is 6.43. The molecule has 0 aliphatic carbocycles. The van der Waals surface area contributed by atoms with Crippen molar-refractivity contribution in [3.63, 3.8) is 0 Å². The van der Waals surface area contributed by atoms with Gasteiger partial charge in [0.25, 0.3) is 0 Å². The lowest BCUT2D eigenvalue weighted by Crippen LogP contribution is -2.37. The number of carbonyl (C=O) groups excluding carboxylic acids is 1. The summed E-state index contributed by atoms with van der Waals surface area (Å²) in [6.07, 6.45) is -3.14. The normalized spacial score (nSPS) is 12.5. The lowest BCUT2D eigenvalue weighted by molar-refractivity contribution is -0.137. The second-order valence-electron chi connectivity index (χ2n) is 4.84. The van der Waals surface area contributed by atoms with Crippen molar-refractivity contribution in [2.75, 3.05) is 24.7 Å². The second-order valence-corrected chi connectivity index (χ2v) is 7.23. The van der Waals surface area contributed by atoms with Gasteiger partial charge >= 0.3 is 6.18 Å². The largest absolute Gasteiger partial charge is 0.416 e. The van der Waals surface area contributed by atoms with Crippen LogP contribution in [-0.4, -0.2) is 38.0 Å². The molecule has 0 heterocycles. The summed E-state index contributed by atoms with van der Waals surface area (Å²) in [7, 11) is -3.60. The minimum absolute atomic E-state index is 0.0762. The van der Waals surface area contributed by atoms with Crippen LogP contribution in [-0.2, 0) is 21.0 Å². The molecule has 0 fully saturated rings. The Morgan fingerprint density at radius 2 is 1.96 bits per heavy atom. The zero-order chi connectivity index (χ0) is 17.8. The van der Waals surface area contributed by atoms with Crippen molar-refractivity contribution in [2.24, 2.45) is 0 Å². The van der Waals surface area contributed by atoms with Crippen LogP contribution in [0.4, 0.5) is 18.9 Å². The average Bonchev–Trinajstić information content (AvgIpc) is 2.38. The van der Waals surface area contributed by atoms with Crippen LogP contribution in [0.1, 0.15) is 18.9 Å². The molecule has 0 aliphatic rings. The van der Waals surface area contributed by atoms with E-state index in [1.165, 1.54) is 0 Å². The van der Waals surface area contributed by atoms with Crippen LogP contribution in [0.2, 0.25) is 5.02 Å². The molecule has 0 aliphatic heterocycles. The molecule has 0 spiro atoms. The quantitative estimate of drug-likeness (QED) is 0.834. The Bertz CT molecular complexity index is 678. The zero-order valence-electron chi connectivity index (χ0n) is 12.4. The van der Waals surface area contributed by atoms with Gasteiger partial charge in [-0.15, -0.1) is 0 Å². The van der Waals surface area contributed by atoms with E-state index in [2.05, 4.69) is 5.32 Å². The van der Waals surface area contributed by atoms with E-state index in [4.69, 9.17) is 11.6 Å². The maximum absolute atomic E-state index is 12.7. The number of nitrogens with one attached hydrogen (secondary N) is 1. The summed E-state index contributed by atoms with van der Waals surface area (Å²) in [5.74, 6) is -0.773. The summed E-state index contributed by atoms with van der Waals surface area (Å²) >= 11 is 5.76. The zero-order valence-corrected chi connectivity index (χ0v) is 14.0. The molecule has 1 rings (SSSR count). The molecule has 10 heteroatoms. The van der Waals surface area contributed by atoms with Crippen LogP contribution in [0, 0.1) is 0 Å². The Labute approximate surface area is 137 Å². The molecule has 1 amide bonds. The summed E-state index contributed by atoms with van der Waals surface area (Å²) in [4.78, 5) is 11.9. The molecule has 1 aromatic rings. The number of amides is 1. The fourth-order valence-electron chi connectivity index (χ4n) is 1.76. The number of nitrogens with zero attached hydrogens (tertiary/aromatic N) is 1. The first-order valence-electron chi connectivity index (χ1n) is 6.57. The highest BCUT2D eigenvalue weighted by Crippen LogP contribution is 2.33. The van der Waals surface area contributed by atoms with Crippen molar-refractivity contribution in [2.45, 2.75) is 19.5 Å². The number of hydrogen-bond acceptors (Lipinski definition) is 3. The van der Waals surface area contributed by atoms with Crippen LogP contribution < -0.4 is 5.32 Å². The second kappa shape index (κ2) is 7.50. The molecule has 0 atom stereocenters. The molecule has 0 aromatic heterocycles. The maximum Gasteiger partial charge on any atom is 0.416 e. The van der Waals surface area contributed by atoms with Crippen LogP contribution in [0.5, 0.6) is 0 Å². The third kappa shape index (κ3) is 6.00. The molecule has 1 aromatic carbocycles. The number of halogens is 4. The Balaban J connectivity index is 2.93. The van der Waals surface area contributed by atoms with Gasteiger partial charge in [0.1, 0.15) is 0 Å². The number of rotatable bonds is 6. The molecular weight excluding hydrogens is 357 g/mol. The topological polar surface area (TPSA) is 66.5 Å². The number of benzene rings is 1. The van der Waals surface area contributed by atoms with Crippen molar-refractivity contribution in [1.29, 1.82) is 0 Å². The summed E-state index contributed by atoms with van der Waals surface area (Å²) in [5.41, 5.74) is -1.19.